The number of rotatable bonds is 5. The Labute approximate surface area is 111 Å². The summed E-state index contributed by atoms with van der Waals surface area (Å²) in [5.41, 5.74) is 2.60. The van der Waals surface area contributed by atoms with E-state index in [9.17, 15) is 4.39 Å². The zero-order valence-electron chi connectivity index (χ0n) is 12.3. The zero-order chi connectivity index (χ0) is 13.8. The van der Waals surface area contributed by atoms with Gasteiger partial charge in [0, 0.05) is 6.04 Å². The van der Waals surface area contributed by atoms with Crippen molar-refractivity contribution < 1.29 is 4.39 Å². The monoisotopic (exact) mass is 251 g/mol. The Morgan fingerprint density at radius 2 is 1.94 bits per heavy atom. The van der Waals surface area contributed by atoms with Crippen LogP contribution in [0.1, 0.15) is 44.7 Å². The maximum Gasteiger partial charge on any atom is 0.123 e. The molecule has 102 valence electrons. The van der Waals surface area contributed by atoms with E-state index in [1.807, 2.05) is 20.0 Å². The van der Waals surface area contributed by atoms with E-state index in [0.29, 0.717) is 6.04 Å². The highest BCUT2D eigenvalue weighted by atomic mass is 19.1. The highest BCUT2D eigenvalue weighted by Crippen LogP contribution is 2.23. The first kappa shape index (κ1) is 15.2. The van der Waals surface area contributed by atoms with Gasteiger partial charge in [-0.2, -0.15) is 0 Å². The van der Waals surface area contributed by atoms with Crippen LogP contribution in [0.5, 0.6) is 0 Å². The third-order valence-electron chi connectivity index (χ3n) is 3.64. The van der Waals surface area contributed by atoms with Gasteiger partial charge in [-0.3, -0.25) is 0 Å². The molecule has 0 aliphatic carbocycles. The molecule has 1 N–H and O–H groups in total. The highest BCUT2D eigenvalue weighted by Gasteiger charge is 2.22. The number of halogens is 1. The van der Waals surface area contributed by atoms with Crippen LogP contribution in [0.2, 0.25) is 0 Å². The summed E-state index contributed by atoms with van der Waals surface area (Å²) in [6, 6.07) is 5.57. The second-order valence-corrected chi connectivity index (χ2v) is 6.17. The van der Waals surface area contributed by atoms with Crippen LogP contribution in [-0.4, -0.2) is 13.1 Å². The van der Waals surface area contributed by atoms with Gasteiger partial charge in [0.2, 0.25) is 0 Å². The van der Waals surface area contributed by atoms with Gasteiger partial charge in [-0.15, -0.1) is 0 Å². The predicted molar refractivity (Wildman–Crippen MR) is 76.4 cm³/mol. The van der Waals surface area contributed by atoms with E-state index in [4.69, 9.17) is 0 Å². The Morgan fingerprint density at radius 3 is 2.50 bits per heavy atom. The molecule has 1 atom stereocenters. The maximum absolute atomic E-state index is 13.2. The van der Waals surface area contributed by atoms with Gasteiger partial charge in [0.25, 0.3) is 0 Å². The van der Waals surface area contributed by atoms with Crippen molar-refractivity contribution >= 4 is 0 Å². The SMILES string of the molecule is CNC(CCCc1cc(F)ccc1C)C(C)(C)C. The van der Waals surface area contributed by atoms with Crippen molar-refractivity contribution in [1.82, 2.24) is 5.32 Å². The van der Waals surface area contributed by atoms with Crippen LogP contribution in [-0.2, 0) is 6.42 Å². The van der Waals surface area contributed by atoms with E-state index in [0.717, 1.165) is 24.8 Å². The van der Waals surface area contributed by atoms with Crippen LogP contribution < -0.4 is 5.32 Å². The van der Waals surface area contributed by atoms with Crippen molar-refractivity contribution in [3.63, 3.8) is 0 Å². The Balaban J connectivity index is 2.53. The summed E-state index contributed by atoms with van der Waals surface area (Å²) < 4.78 is 13.2. The van der Waals surface area contributed by atoms with Gasteiger partial charge in [-0.25, -0.2) is 4.39 Å². The predicted octanol–water partition coefficient (Wildman–Crippen LogP) is 4.09. The van der Waals surface area contributed by atoms with Gasteiger partial charge in [-0.1, -0.05) is 26.8 Å². The largest absolute Gasteiger partial charge is 0.316 e. The second kappa shape index (κ2) is 6.33. The average Bonchev–Trinajstić information content (AvgIpc) is 2.27. The minimum Gasteiger partial charge on any atom is -0.316 e. The molecule has 1 aromatic rings. The smallest absolute Gasteiger partial charge is 0.123 e. The summed E-state index contributed by atoms with van der Waals surface area (Å²) in [6.45, 7) is 8.80. The van der Waals surface area contributed by atoms with Crippen molar-refractivity contribution in [3.05, 3.63) is 35.1 Å². The Hall–Kier alpha value is -0.890. The van der Waals surface area contributed by atoms with Crippen LogP contribution >= 0.6 is 0 Å². The molecule has 0 saturated heterocycles. The summed E-state index contributed by atoms with van der Waals surface area (Å²) >= 11 is 0. The van der Waals surface area contributed by atoms with Crippen LogP contribution in [0.3, 0.4) is 0 Å². The lowest BCUT2D eigenvalue weighted by molar-refractivity contribution is 0.263. The summed E-state index contributed by atoms with van der Waals surface area (Å²) in [5.74, 6) is -0.128. The third kappa shape index (κ3) is 4.41. The molecule has 0 bridgehead atoms. The Morgan fingerprint density at radius 1 is 1.28 bits per heavy atom. The fourth-order valence-corrected chi connectivity index (χ4v) is 2.42. The molecule has 0 aliphatic heterocycles. The van der Waals surface area contributed by atoms with Gasteiger partial charge in [0.05, 0.1) is 0 Å². The van der Waals surface area contributed by atoms with Crippen LogP contribution in [0, 0.1) is 18.2 Å². The van der Waals surface area contributed by atoms with Crippen LogP contribution in [0.4, 0.5) is 4.39 Å². The molecule has 0 spiro atoms. The standard InChI is InChI=1S/C16H26FN/c1-12-9-10-14(17)11-13(12)7-6-8-15(18-5)16(2,3)4/h9-11,15,18H,6-8H2,1-5H3. The number of hydrogen-bond donors (Lipinski definition) is 1. The molecule has 18 heavy (non-hydrogen) atoms. The molecule has 1 nitrogen and oxygen atoms in total. The maximum atomic E-state index is 13.2. The molecule has 0 radical (unpaired) electrons. The van der Waals surface area contributed by atoms with E-state index in [1.165, 1.54) is 11.6 Å². The lowest BCUT2D eigenvalue weighted by Crippen LogP contribution is -2.37. The van der Waals surface area contributed by atoms with E-state index < -0.39 is 0 Å². The lowest BCUT2D eigenvalue weighted by atomic mass is 9.83. The van der Waals surface area contributed by atoms with Crippen molar-refractivity contribution in [2.45, 2.75) is 53.0 Å². The average molecular weight is 251 g/mol. The molecule has 0 aliphatic rings. The van der Waals surface area contributed by atoms with E-state index in [-0.39, 0.29) is 11.2 Å². The first-order chi connectivity index (χ1) is 8.34. The molecule has 0 saturated carbocycles. The number of benzene rings is 1. The summed E-state index contributed by atoms with van der Waals surface area (Å²) in [5, 5.41) is 3.38. The Bertz CT molecular complexity index is 379. The number of nitrogens with one attached hydrogen (secondary N) is 1. The van der Waals surface area contributed by atoms with Gasteiger partial charge < -0.3 is 5.32 Å². The normalized spacial score (nSPS) is 13.7. The van der Waals surface area contributed by atoms with E-state index in [2.05, 4.69) is 26.1 Å². The van der Waals surface area contributed by atoms with Gasteiger partial charge in [0.15, 0.2) is 0 Å². The summed E-state index contributed by atoms with van der Waals surface area (Å²) in [7, 11) is 2.02. The molecule has 0 fully saturated rings. The van der Waals surface area contributed by atoms with Crippen molar-refractivity contribution in [3.8, 4) is 0 Å². The van der Waals surface area contributed by atoms with Gasteiger partial charge in [-0.05, 0) is 61.9 Å². The highest BCUT2D eigenvalue weighted by molar-refractivity contribution is 5.26. The minimum absolute atomic E-state index is 0.128. The number of aryl methyl sites for hydroxylation is 2. The summed E-state index contributed by atoms with van der Waals surface area (Å²) in [4.78, 5) is 0. The topological polar surface area (TPSA) is 12.0 Å². The zero-order valence-corrected chi connectivity index (χ0v) is 12.3. The van der Waals surface area contributed by atoms with Crippen molar-refractivity contribution in [2.24, 2.45) is 5.41 Å². The fraction of sp³-hybridized carbons (Fsp3) is 0.625. The van der Waals surface area contributed by atoms with Crippen LogP contribution in [0.15, 0.2) is 18.2 Å². The lowest BCUT2D eigenvalue weighted by Gasteiger charge is -2.30. The van der Waals surface area contributed by atoms with Crippen molar-refractivity contribution in [1.29, 1.82) is 0 Å². The molecular weight excluding hydrogens is 225 g/mol. The molecule has 2 heteroatoms. The van der Waals surface area contributed by atoms with Gasteiger partial charge in [0.1, 0.15) is 5.82 Å². The first-order valence-electron chi connectivity index (χ1n) is 6.77. The fourth-order valence-electron chi connectivity index (χ4n) is 2.42. The number of hydrogen-bond acceptors (Lipinski definition) is 1. The molecular formula is C16H26FN. The van der Waals surface area contributed by atoms with Crippen molar-refractivity contribution in [2.75, 3.05) is 7.05 Å². The molecule has 1 unspecified atom stereocenters. The van der Waals surface area contributed by atoms with E-state index >= 15 is 0 Å². The second-order valence-electron chi connectivity index (χ2n) is 6.17. The van der Waals surface area contributed by atoms with Crippen LogP contribution in [0.25, 0.3) is 0 Å². The summed E-state index contributed by atoms with van der Waals surface area (Å²) in [6.07, 6.45) is 3.17. The molecule has 1 aromatic carbocycles. The molecule has 1 rings (SSSR count). The third-order valence-corrected chi connectivity index (χ3v) is 3.64. The van der Waals surface area contributed by atoms with Gasteiger partial charge >= 0.3 is 0 Å². The Kier molecular flexibility index (Phi) is 5.33. The molecule has 0 aromatic heterocycles. The quantitative estimate of drug-likeness (QED) is 0.831. The van der Waals surface area contributed by atoms with E-state index in [1.54, 1.807) is 6.07 Å². The molecule has 0 amide bonds. The first-order valence-corrected chi connectivity index (χ1v) is 6.77. The molecule has 0 heterocycles. The minimum atomic E-state index is -0.128.